The van der Waals surface area contributed by atoms with Gasteiger partial charge in [0.25, 0.3) is 0 Å². The van der Waals surface area contributed by atoms with E-state index in [0.29, 0.717) is 6.61 Å². The van der Waals surface area contributed by atoms with Crippen molar-refractivity contribution in [3.8, 4) is 5.69 Å². The molecule has 0 aliphatic carbocycles. The average Bonchev–Trinajstić information content (AvgIpc) is 2.76. The van der Waals surface area contributed by atoms with E-state index < -0.39 is 6.09 Å². The average molecular weight is 286 g/mol. The minimum atomic E-state index is -0.570. The van der Waals surface area contributed by atoms with E-state index in [1.165, 1.54) is 0 Å². The lowest BCUT2D eigenvalue weighted by molar-refractivity contribution is 0.152. The lowest BCUT2D eigenvalue weighted by Crippen LogP contribution is -2.18. The van der Waals surface area contributed by atoms with E-state index in [1.54, 1.807) is 13.1 Å². The third kappa shape index (κ3) is 3.47. The predicted octanol–water partition coefficient (Wildman–Crippen LogP) is 2.57. The number of amides is 1. The van der Waals surface area contributed by atoms with Crippen molar-refractivity contribution < 1.29 is 9.53 Å². The van der Waals surface area contributed by atoms with Gasteiger partial charge in [0.15, 0.2) is 0 Å². The maximum atomic E-state index is 11.2. The molecule has 0 aliphatic rings. The number of hydrazone groups is 1. The van der Waals surface area contributed by atoms with Crippen LogP contribution in [-0.2, 0) is 4.74 Å². The Morgan fingerprint density at radius 1 is 1.38 bits per heavy atom. The number of carbonyl (C=O) groups excluding carboxylic acids is 1. The Morgan fingerprint density at radius 2 is 2.10 bits per heavy atom. The highest BCUT2D eigenvalue weighted by Gasteiger charge is 2.11. The minimum Gasteiger partial charge on any atom is -0.449 e. The van der Waals surface area contributed by atoms with Gasteiger partial charge in [-0.05, 0) is 32.9 Å². The molecule has 0 saturated carbocycles. The largest absolute Gasteiger partial charge is 0.449 e. The molecule has 0 radical (unpaired) electrons. The normalized spacial score (nSPS) is 10.8. The fraction of sp³-hybridized carbons (Fsp3) is 0.267. The number of aromatic nitrogens is 2. The number of ether oxygens (including phenoxy) is 1. The van der Waals surface area contributed by atoms with Crippen molar-refractivity contribution in [2.75, 3.05) is 6.61 Å². The van der Waals surface area contributed by atoms with Crippen LogP contribution in [-0.4, -0.2) is 28.7 Å². The van der Waals surface area contributed by atoms with Crippen LogP contribution in [0.3, 0.4) is 0 Å². The van der Waals surface area contributed by atoms with Crippen LogP contribution in [0.2, 0.25) is 0 Å². The smallest absolute Gasteiger partial charge is 0.427 e. The van der Waals surface area contributed by atoms with Gasteiger partial charge in [0.1, 0.15) is 0 Å². The summed E-state index contributed by atoms with van der Waals surface area (Å²) in [5.41, 5.74) is 5.95. The lowest BCUT2D eigenvalue weighted by atomic mass is 10.2. The second kappa shape index (κ2) is 6.69. The molecule has 0 fully saturated rings. The molecule has 0 saturated heterocycles. The summed E-state index contributed by atoms with van der Waals surface area (Å²) in [5, 5.41) is 8.38. The van der Waals surface area contributed by atoms with E-state index in [1.807, 2.05) is 48.9 Å². The summed E-state index contributed by atoms with van der Waals surface area (Å²) in [6.07, 6.45) is 1.01. The summed E-state index contributed by atoms with van der Waals surface area (Å²) in [4.78, 5) is 11.2. The van der Waals surface area contributed by atoms with Crippen molar-refractivity contribution in [2.45, 2.75) is 20.8 Å². The molecule has 1 aromatic carbocycles. The Kier molecular flexibility index (Phi) is 4.71. The number of carbonyl (C=O) groups is 1. The second-order valence-corrected chi connectivity index (χ2v) is 4.42. The number of aryl methyl sites for hydroxylation is 1. The van der Waals surface area contributed by atoms with Gasteiger partial charge >= 0.3 is 6.09 Å². The molecule has 0 spiro atoms. The molecular formula is C15H18N4O2. The monoisotopic (exact) mass is 286 g/mol. The highest BCUT2D eigenvalue weighted by Crippen LogP contribution is 2.15. The summed E-state index contributed by atoms with van der Waals surface area (Å²) in [6, 6.07) is 9.85. The number of nitrogens with one attached hydrogen (secondary N) is 1. The molecule has 1 heterocycles. The Labute approximate surface area is 123 Å². The number of nitrogens with zero attached hydrogens (tertiary/aromatic N) is 3. The Hall–Kier alpha value is -2.63. The van der Waals surface area contributed by atoms with Crippen LogP contribution in [0, 0.1) is 13.8 Å². The van der Waals surface area contributed by atoms with Crippen LogP contribution in [0.25, 0.3) is 5.69 Å². The highest BCUT2D eigenvalue weighted by atomic mass is 16.5. The zero-order valence-corrected chi connectivity index (χ0v) is 12.3. The molecule has 21 heavy (non-hydrogen) atoms. The quantitative estimate of drug-likeness (QED) is 0.693. The Balaban J connectivity index is 2.20. The summed E-state index contributed by atoms with van der Waals surface area (Å²) in [6.45, 7) is 5.91. The summed E-state index contributed by atoms with van der Waals surface area (Å²) >= 11 is 0. The molecule has 1 amide bonds. The van der Waals surface area contributed by atoms with Crippen molar-refractivity contribution in [1.29, 1.82) is 0 Å². The number of benzene rings is 1. The Bertz CT molecular complexity index is 647. The molecule has 6 nitrogen and oxygen atoms in total. The molecule has 0 unspecified atom stereocenters. The molecule has 0 aliphatic heterocycles. The van der Waals surface area contributed by atoms with Crippen molar-refractivity contribution >= 4 is 12.3 Å². The fourth-order valence-electron chi connectivity index (χ4n) is 1.98. The van der Waals surface area contributed by atoms with Crippen LogP contribution >= 0.6 is 0 Å². The van der Waals surface area contributed by atoms with Crippen molar-refractivity contribution in [1.82, 2.24) is 15.2 Å². The van der Waals surface area contributed by atoms with E-state index in [9.17, 15) is 4.79 Å². The van der Waals surface area contributed by atoms with E-state index >= 15 is 0 Å². The SMILES string of the molecule is CCOC(=O)NN=Cc1c(C)nn(-c2ccccc2)c1C. The first kappa shape index (κ1) is 14.8. The Morgan fingerprint density at radius 3 is 2.76 bits per heavy atom. The van der Waals surface area contributed by atoms with Gasteiger partial charge in [-0.3, -0.25) is 0 Å². The summed E-state index contributed by atoms with van der Waals surface area (Å²) in [7, 11) is 0. The van der Waals surface area contributed by atoms with Gasteiger partial charge in [-0.25, -0.2) is 14.9 Å². The zero-order valence-electron chi connectivity index (χ0n) is 12.3. The maximum Gasteiger partial charge on any atom is 0.427 e. The zero-order chi connectivity index (χ0) is 15.2. The maximum absolute atomic E-state index is 11.2. The van der Waals surface area contributed by atoms with Gasteiger partial charge in [0.05, 0.1) is 29.9 Å². The van der Waals surface area contributed by atoms with Gasteiger partial charge in [-0.1, -0.05) is 18.2 Å². The van der Waals surface area contributed by atoms with Crippen LogP contribution in [0.15, 0.2) is 35.4 Å². The highest BCUT2D eigenvalue weighted by molar-refractivity contribution is 5.83. The van der Waals surface area contributed by atoms with Crippen LogP contribution < -0.4 is 5.43 Å². The van der Waals surface area contributed by atoms with Crippen molar-refractivity contribution in [2.24, 2.45) is 5.10 Å². The van der Waals surface area contributed by atoms with Gasteiger partial charge in [0.2, 0.25) is 0 Å². The molecule has 2 aromatic rings. The minimum absolute atomic E-state index is 0.311. The topological polar surface area (TPSA) is 68.5 Å². The first-order valence-corrected chi connectivity index (χ1v) is 6.71. The van der Waals surface area contributed by atoms with Gasteiger partial charge in [0, 0.05) is 5.56 Å². The number of hydrogen-bond acceptors (Lipinski definition) is 4. The molecular weight excluding hydrogens is 268 g/mol. The third-order valence-corrected chi connectivity index (χ3v) is 2.97. The molecule has 1 N–H and O–H groups in total. The van der Waals surface area contributed by atoms with E-state index in [-0.39, 0.29) is 0 Å². The van der Waals surface area contributed by atoms with Crippen LogP contribution in [0.5, 0.6) is 0 Å². The van der Waals surface area contributed by atoms with E-state index in [2.05, 4.69) is 15.6 Å². The number of rotatable bonds is 4. The van der Waals surface area contributed by atoms with Gasteiger partial charge in [-0.15, -0.1) is 0 Å². The first-order chi connectivity index (χ1) is 10.1. The van der Waals surface area contributed by atoms with Crippen molar-refractivity contribution in [3.05, 3.63) is 47.3 Å². The number of hydrogen-bond donors (Lipinski definition) is 1. The lowest BCUT2D eigenvalue weighted by Gasteiger charge is -2.03. The van der Waals surface area contributed by atoms with E-state index in [0.717, 1.165) is 22.6 Å². The van der Waals surface area contributed by atoms with E-state index in [4.69, 9.17) is 4.74 Å². The van der Waals surface area contributed by atoms with Gasteiger partial charge < -0.3 is 4.74 Å². The molecule has 110 valence electrons. The molecule has 0 bridgehead atoms. The molecule has 1 aromatic heterocycles. The molecule has 2 rings (SSSR count). The standard InChI is InChI=1S/C15H18N4O2/c1-4-21-15(20)17-16-10-14-11(2)18-19(12(14)3)13-8-6-5-7-9-13/h5-10H,4H2,1-3H3,(H,17,20). The first-order valence-electron chi connectivity index (χ1n) is 6.71. The fourth-order valence-corrected chi connectivity index (χ4v) is 1.98. The van der Waals surface area contributed by atoms with Crippen molar-refractivity contribution in [3.63, 3.8) is 0 Å². The predicted molar refractivity (Wildman–Crippen MR) is 80.8 cm³/mol. The van der Waals surface area contributed by atoms with Crippen LogP contribution in [0.1, 0.15) is 23.9 Å². The number of para-hydroxylation sites is 1. The third-order valence-electron chi connectivity index (χ3n) is 2.97. The summed E-state index contributed by atoms with van der Waals surface area (Å²) < 4.78 is 6.58. The van der Waals surface area contributed by atoms with Crippen LogP contribution in [0.4, 0.5) is 4.79 Å². The summed E-state index contributed by atoms with van der Waals surface area (Å²) in [5.74, 6) is 0. The molecule has 0 atom stereocenters. The second-order valence-electron chi connectivity index (χ2n) is 4.42. The molecule has 6 heteroatoms. The van der Waals surface area contributed by atoms with Gasteiger partial charge in [-0.2, -0.15) is 10.2 Å².